The second kappa shape index (κ2) is 6.18. The standard InChI is InChI=1S/C13H12N2O3S/c1-2-5-15(8-12(16)17)7-10-9-18-13(14-10)11-4-3-6-19-11/h1,3-4,6,9H,5,7-8H2,(H,16,17). The van der Waals surface area contributed by atoms with Crippen LogP contribution in [-0.4, -0.2) is 34.0 Å². The van der Waals surface area contributed by atoms with Gasteiger partial charge in [-0.15, -0.1) is 17.8 Å². The molecule has 0 saturated heterocycles. The summed E-state index contributed by atoms with van der Waals surface area (Å²) in [5.74, 6) is 2.06. The number of nitrogens with zero attached hydrogens (tertiary/aromatic N) is 2. The predicted octanol–water partition coefficient (Wildman–Crippen LogP) is 1.92. The minimum atomic E-state index is -0.919. The summed E-state index contributed by atoms with van der Waals surface area (Å²) in [6.07, 6.45) is 6.74. The zero-order chi connectivity index (χ0) is 13.7. The van der Waals surface area contributed by atoms with Gasteiger partial charge in [-0.3, -0.25) is 9.69 Å². The SMILES string of the molecule is C#CCN(CC(=O)O)Cc1coc(-c2cccs2)n1. The fourth-order valence-electron chi connectivity index (χ4n) is 1.61. The molecule has 19 heavy (non-hydrogen) atoms. The second-order valence-corrected chi connectivity index (χ2v) is 4.81. The van der Waals surface area contributed by atoms with Crippen molar-refractivity contribution in [2.24, 2.45) is 0 Å². The summed E-state index contributed by atoms with van der Waals surface area (Å²) >= 11 is 1.53. The largest absolute Gasteiger partial charge is 0.480 e. The molecule has 0 saturated carbocycles. The Labute approximate surface area is 114 Å². The minimum absolute atomic E-state index is 0.120. The molecule has 0 fully saturated rings. The number of carbonyl (C=O) groups is 1. The summed E-state index contributed by atoms with van der Waals surface area (Å²) in [6.45, 7) is 0.490. The quantitative estimate of drug-likeness (QED) is 0.816. The highest BCUT2D eigenvalue weighted by Crippen LogP contribution is 2.23. The zero-order valence-corrected chi connectivity index (χ0v) is 10.9. The molecule has 0 bridgehead atoms. The van der Waals surface area contributed by atoms with Crippen LogP contribution in [0, 0.1) is 12.3 Å². The van der Waals surface area contributed by atoms with Crippen molar-refractivity contribution >= 4 is 17.3 Å². The third kappa shape index (κ3) is 3.68. The van der Waals surface area contributed by atoms with Gasteiger partial charge in [-0.05, 0) is 11.4 Å². The first-order chi connectivity index (χ1) is 9.19. The molecule has 0 aromatic carbocycles. The van der Waals surface area contributed by atoms with Gasteiger partial charge in [0.05, 0.1) is 23.7 Å². The molecule has 0 unspecified atom stereocenters. The number of terminal acetylenes is 1. The Balaban J connectivity index is 2.06. The van der Waals surface area contributed by atoms with Crippen LogP contribution in [0.2, 0.25) is 0 Å². The molecule has 0 aliphatic carbocycles. The third-order valence-electron chi connectivity index (χ3n) is 2.34. The molecule has 2 rings (SSSR count). The van der Waals surface area contributed by atoms with Crippen LogP contribution in [0.5, 0.6) is 0 Å². The molecular formula is C13H12N2O3S. The van der Waals surface area contributed by atoms with E-state index in [1.165, 1.54) is 17.6 Å². The van der Waals surface area contributed by atoms with E-state index in [0.717, 1.165) is 4.88 Å². The number of aliphatic carboxylic acids is 1. The fourth-order valence-corrected chi connectivity index (χ4v) is 2.27. The molecule has 0 atom stereocenters. The number of hydrogen-bond donors (Lipinski definition) is 1. The zero-order valence-electron chi connectivity index (χ0n) is 10.1. The Hall–Kier alpha value is -2.10. The summed E-state index contributed by atoms with van der Waals surface area (Å²) in [4.78, 5) is 17.6. The lowest BCUT2D eigenvalue weighted by molar-refractivity contribution is -0.138. The van der Waals surface area contributed by atoms with E-state index in [1.807, 2.05) is 17.5 Å². The van der Waals surface area contributed by atoms with E-state index >= 15 is 0 Å². The van der Waals surface area contributed by atoms with Gasteiger partial charge in [0.2, 0.25) is 5.89 Å². The summed E-state index contributed by atoms with van der Waals surface area (Å²) in [6, 6.07) is 3.83. The van der Waals surface area contributed by atoms with Crippen LogP contribution >= 0.6 is 11.3 Å². The van der Waals surface area contributed by atoms with E-state index < -0.39 is 5.97 Å². The molecule has 2 aromatic heterocycles. The van der Waals surface area contributed by atoms with Crippen molar-refractivity contribution in [2.45, 2.75) is 6.54 Å². The van der Waals surface area contributed by atoms with Crippen molar-refractivity contribution in [3.63, 3.8) is 0 Å². The smallest absolute Gasteiger partial charge is 0.317 e. The number of hydrogen-bond acceptors (Lipinski definition) is 5. The van der Waals surface area contributed by atoms with E-state index in [4.69, 9.17) is 15.9 Å². The Morgan fingerprint density at radius 2 is 2.47 bits per heavy atom. The molecule has 2 heterocycles. The average Bonchev–Trinajstić information content (AvgIpc) is 2.97. The van der Waals surface area contributed by atoms with Gasteiger partial charge in [-0.1, -0.05) is 12.0 Å². The van der Waals surface area contributed by atoms with Crippen LogP contribution in [0.1, 0.15) is 5.69 Å². The van der Waals surface area contributed by atoms with Crippen molar-refractivity contribution in [1.82, 2.24) is 9.88 Å². The van der Waals surface area contributed by atoms with Gasteiger partial charge >= 0.3 is 5.97 Å². The molecule has 0 aliphatic rings. The lowest BCUT2D eigenvalue weighted by Gasteiger charge is -2.14. The van der Waals surface area contributed by atoms with E-state index in [1.54, 1.807) is 4.90 Å². The number of oxazole rings is 1. The summed E-state index contributed by atoms with van der Waals surface area (Å²) in [5, 5.41) is 10.7. The highest BCUT2D eigenvalue weighted by atomic mass is 32.1. The van der Waals surface area contributed by atoms with Crippen molar-refractivity contribution in [3.8, 4) is 23.1 Å². The summed E-state index contributed by atoms with van der Waals surface area (Å²) in [7, 11) is 0. The third-order valence-corrected chi connectivity index (χ3v) is 3.20. The highest BCUT2D eigenvalue weighted by molar-refractivity contribution is 7.13. The van der Waals surface area contributed by atoms with E-state index in [-0.39, 0.29) is 13.1 Å². The lowest BCUT2D eigenvalue weighted by Crippen LogP contribution is -2.29. The van der Waals surface area contributed by atoms with Crippen LogP contribution in [0.15, 0.2) is 28.2 Å². The normalized spacial score (nSPS) is 10.5. The van der Waals surface area contributed by atoms with E-state index in [2.05, 4.69) is 10.9 Å². The van der Waals surface area contributed by atoms with Crippen molar-refractivity contribution in [2.75, 3.05) is 13.1 Å². The monoisotopic (exact) mass is 276 g/mol. The number of carboxylic acid groups (broad SMARTS) is 1. The minimum Gasteiger partial charge on any atom is -0.480 e. The van der Waals surface area contributed by atoms with Crippen LogP contribution in [0.3, 0.4) is 0 Å². The van der Waals surface area contributed by atoms with Crippen molar-refractivity contribution < 1.29 is 14.3 Å². The molecule has 98 valence electrons. The van der Waals surface area contributed by atoms with Crippen LogP contribution in [0.4, 0.5) is 0 Å². The van der Waals surface area contributed by atoms with Crippen molar-refractivity contribution in [3.05, 3.63) is 29.5 Å². The van der Waals surface area contributed by atoms with Gasteiger partial charge in [0.25, 0.3) is 0 Å². The maximum Gasteiger partial charge on any atom is 0.317 e. The van der Waals surface area contributed by atoms with E-state index in [9.17, 15) is 4.79 Å². The first-order valence-corrected chi connectivity index (χ1v) is 6.43. The molecule has 0 radical (unpaired) electrons. The molecule has 0 amide bonds. The van der Waals surface area contributed by atoms with Gasteiger partial charge < -0.3 is 9.52 Å². The number of rotatable bonds is 6. The van der Waals surface area contributed by atoms with Gasteiger partial charge in [0.1, 0.15) is 6.26 Å². The summed E-state index contributed by atoms with van der Waals surface area (Å²) < 4.78 is 5.37. The van der Waals surface area contributed by atoms with Gasteiger partial charge in [-0.2, -0.15) is 0 Å². The maximum absolute atomic E-state index is 10.7. The Morgan fingerprint density at radius 1 is 1.63 bits per heavy atom. The summed E-state index contributed by atoms with van der Waals surface area (Å²) in [5.41, 5.74) is 0.667. The van der Waals surface area contributed by atoms with Crippen LogP contribution in [0.25, 0.3) is 10.8 Å². The molecule has 0 spiro atoms. The Morgan fingerprint density at radius 3 is 3.11 bits per heavy atom. The first-order valence-electron chi connectivity index (χ1n) is 5.55. The highest BCUT2D eigenvalue weighted by Gasteiger charge is 2.13. The van der Waals surface area contributed by atoms with Crippen LogP contribution < -0.4 is 0 Å². The van der Waals surface area contributed by atoms with Gasteiger partial charge in [0.15, 0.2) is 0 Å². The fraction of sp³-hybridized carbons (Fsp3) is 0.231. The maximum atomic E-state index is 10.7. The van der Waals surface area contributed by atoms with Crippen LogP contribution in [-0.2, 0) is 11.3 Å². The predicted molar refractivity (Wildman–Crippen MR) is 71.6 cm³/mol. The number of aromatic nitrogens is 1. The molecular weight excluding hydrogens is 264 g/mol. The Bertz CT molecular complexity index is 583. The van der Waals surface area contributed by atoms with Gasteiger partial charge in [-0.25, -0.2) is 4.98 Å². The van der Waals surface area contributed by atoms with E-state index in [0.29, 0.717) is 18.1 Å². The topological polar surface area (TPSA) is 66.6 Å². The average molecular weight is 276 g/mol. The molecule has 5 nitrogen and oxygen atoms in total. The molecule has 6 heteroatoms. The lowest BCUT2D eigenvalue weighted by atomic mass is 10.4. The first kappa shape index (κ1) is 13.3. The molecule has 2 aromatic rings. The molecule has 1 N–H and O–H groups in total. The van der Waals surface area contributed by atoms with Gasteiger partial charge in [0, 0.05) is 6.54 Å². The number of thiophene rings is 1. The molecule has 0 aliphatic heterocycles. The number of carboxylic acids is 1. The second-order valence-electron chi connectivity index (χ2n) is 3.86. The van der Waals surface area contributed by atoms with Crippen molar-refractivity contribution in [1.29, 1.82) is 0 Å². The Kier molecular flexibility index (Phi) is 4.34.